The van der Waals surface area contributed by atoms with E-state index < -0.39 is 9.84 Å². The molecule has 110 valence electrons. The lowest BCUT2D eigenvalue weighted by molar-refractivity contribution is 0.397. The fourth-order valence-electron chi connectivity index (χ4n) is 1.63. The summed E-state index contributed by atoms with van der Waals surface area (Å²) in [7, 11) is -3.28. The number of benzene rings is 1. The van der Waals surface area contributed by atoms with Crippen molar-refractivity contribution in [3.05, 3.63) is 29.8 Å². The van der Waals surface area contributed by atoms with Gasteiger partial charge in [0.25, 0.3) is 0 Å². The van der Waals surface area contributed by atoms with Crippen LogP contribution in [-0.2, 0) is 9.84 Å². The monoisotopic (exact) mass is 294 g/mol. The molecule has 0 amide bonds. The lowest BCUT2D eigenvalue weighted by Gasteiger charge is -2.16. The minimum Gasteiger partial charge on any atom is -0.315 e. The molecule has 0 bridgehead atoms. The van der Waals surface area contributed by atoms with Gasteiger partial charge >= 0.3 is 0 Å². The van der Waals surface area contributed by atoms with Crippen molar-refractivity contribution in [3.8, 4) is 6.07 Å². The van der Waals surface area contributed by atoms with Crippen molar-refractivity contribution in [1.29, 1.82) is 5.26 Å². The predicted molar refractivity (Wildman–Crippen MR) is 80.1 cm³/mol. The molecular weight excluding hydrogens is 272 g/mol. The SMILES string of the molecule is CC(C)C(C)CNCCS(=O)(=O)c1ccc(C#N)cc1. The largest absolute Gasteiger partial charge is 0.315 e. The molecular formula is C15H22N2O2S. The first-order chi connectivity index (χ1) is 9.36. The van der Waals surface area contributed by atoms with E-state index in [1.54, 1.807) is 0 Å². The second-order valence-corrected chi connectivity index (χ2v) is 7.49. The summed E-state index contributed by atoms with van der Waals surface area (Å²) in [5.74, 6) is 1.18. The molecule has 0 aliphatic carbocycles. The van der Waals surface area contributed by atoms with Crippen LogP contribution in [0.15, 0.2) is 29.2 Å². The van der Waals surface area contributed by atoms with Crippen LogP contribution < -0.4 is 5.32 Å². The number of hydrogen-bond donors (Lipinski definition) is 1. The molecule has 1 unspecified atom stereocenters. The van der Waals surface area contributed by atoms with Crippen LogP contribution in [0.1, 0.15) is 26.3 Å². The van der Waals surface area contributed by atoms with Crippen molar-refractivity contribution in [2.75, 3.05) is 18.8 Å². The molecule has 20 heavy (non-hydrogen) atoms. The minimum absolute atomic E-state index is 0.0731. The molecule has 0 fully saturated rings. The lowest BCUT2D eigenvalue weighted by atomic mass is 9.98. The molecule has 0 aromatic heterocycles. The Morgan fingerprint density at radius 3 is 2.30 bits per heavy atom. The van der Waals surface area contributed by atoms with E-state index in [4.69, 9.17) is 5.26 Å². The molecule has 0 radical (unpaired) electrons. The van der Waals surface area contributed by atoms with E-state index in [2.05, 4.69) is 26.1 Å². The van der Waals surface area contributed by atoms with Crippen LogP contribution in [0.3, 0.4) is 0 Å². The molecule has 1 N–H and O–H groups in total. The third kappa shape index (κ3) is 4.95. The highest BCUT2D eigenvalue weighted by Crippen LogP contribution is 2.12. The zero-order valence-corrected chi connectivity index (χ0v) is 13.1. The average molecular weight is 294 g/mol. The molecule has 0 saturated heterocycles. The Kier molecular flexibility index (Phi) is 6.18. The van der Waals surface area contributed by atoms with Gasteiger partial charge in [-0.05, 0) is 42.6 Å². The van der Waals surface area contributed by atoms with E-state index in [-0.39, 0.29) is 10.6 Å². The van der Waals surface area contributed by atoms with Gasteiger partial charge < -0.3 is 5.32 Å². The van der Waals surface area contributed by atoms with E-state index in [0.29, 0.717) is 23.9 Å². The predicted octanol–water partition coefficient (Wildman–Crippen LogP) is 2.21. The van der Waals surface area contributed by atoms with E-state index in [9.17, 15) is 8.42 Å². The van der Waals surface area contributed by atoms with E-state index in [1.807, 2.05) is 6.07 Å². The second kappa shape index (κ2) is 7.41. The lowest BCUT2D eigenvalue weighted by Crippen LogP contribution is -2.29. The highest BCUT2D eigenvalue weighted by Gasteiger charge is 2.14. The van der Waals surface area contributed by atoms with Gasteiger partial charge in [0.2, 0.25) is 0 Å². The third-order valence-electron chi connectivity index (χ3n) is 3.49. The summed E-state index contributed by atoms with van der Waals surface area (Å²) in [6.45, 7) is 7.71. The Balaban J connectivity index is 2.51. The summed E-state index contributed by atoms with van der Waals surface area (Å²) in [5.41, 5.74) is 0.466. The maximum absolute atomic E-state index is 12.1. The fourth-order valence-corrected chi connectivity index (χ4v) is 2.83. The fraction of sp³-hybridized carbons (Fsp3) is 0.533. The van der Waals surface area contributed by atoms with Crippen LogP contribution >= 0.6 is 0 Å². The van der Waals surface area contributed by atoms with Crippen LogP contribution in [0, 0.1) is 23.2 Å². The quantitative estimate of drug-likeness (QED) is 0.783. The van der Waals surface area contributed by atoms with E-state index in [1.165, 1.54) is 24.3 Å². The average Bonchev–Trinajstić information content (AvgIpc) is 2.43. The van der Waals surface area contributed by atoms with Gasteiger partial charge in [-0.15, -0.1) is 0 Å². The molecule has 1 aromatic carbocycles. The van der Waals surface area contributed by atoms with E-state index >= 15 is 0 Å². The summed E-state index contributed by atoms with van der Waals surface area (Å²) >= 11 is 0. The highest BCUT2D eigenvalue weighted by atomic mass is 32.2. The van der Waals surface area contributed by atoms with Gasteiger partial charge in [0.15, 0.2) is 9.84 Å². The van der Waals surface area contributed by atoms with Gasteiger partial charge in [-0.1, -0.05) is 20.8 Å². The summed E-state index contributed by atoms with van der Waals surface area (Å²) in [6, 6.07) is 8.01. The molecule has 0 aliphatic heterocycles. The van der Waals surface area contributed by atoms with Crippen molar-refractivity contribution < 1.29 is 8.42 Å². The molecule has 0 spiro atoms. The van der Waals surface area contributed by atoms with Crippen molar-refractivity contribution in [2.45, 2.75) is 25.7 Å². The smallest absolute Gasteiger partial charge is 0.179 e. The van der Waals surface area contributed by atoms with Crippen LogP contribution in [0.2, 0.25) is 0 Å². The van der Waals surface area contributed by atoms with Crippen molar-refractivity contribution >= 4 is 9.84 Å². The summed E-state index contributed by atoms with van der Waals surface area (Å²) in [4.78, 5) is 0.273. The first-order valence-electron chi connectivity index (χ1n) is 6.80. The molecule has 1 rings (SSSR count). The van der Waals surface area contributed by atoms with E-state index in [0.717, 1.165) is 6.54 Å². The molecule has 1 aromatic rings. The van der Waals surface area contributed by atoms with Crippen LogP contribution in [0.5, 0.6) is 0 Å². The third-order valence-corrected chi connectivity index (χ3v) is 5.23. The topological polar surface area (TPSA) is 70.0 Å². The van der Waals surface area contributed by atoms with Gasteiger partial charge in [-0.3, -0.25) is 0 Å². The summed E-state index contributed by atoms with van der Waals surface area (Å²) in [5, 5.41) is 11.9. The second-order valence-electron chi connectivity index (χ2n) is 5.38. The number of hydrogen-bond acceptors (Lipinski definition) is 4. The minimum atomic E-state index is -3.28. The van der Waals surface area contributed by atoms with Gasteiger partial charge in [0.1, 0.15) is 0 Å². The first-order valence-corrected chi connectivity index (χ1v) is 8.45. The normalized spacial score (nSPS) is 13.2. The maximum Gasteiger partial charge on any atom is 0.179 e. The van der Waals surface area contributed by atoms with Gasteiger partial charge in [0, 0.05) is 6.54 Å². The van der Waals surface area contributed by atoms with Gasteiger partial charge in [-0.2, -0.15) is 5.26 Å². The molecule has 0 heterocycles. The molecule has 1 atom stereocenters. The number of rotatable bonds is 7. The number of nitriles is 1. The van der Waals surface area contributed by atoms with Crippen LogP contribution in [0.25, 0.3) is 0 Å². The van der Waals surface area contributed by atoms with Gasteiger partial charge in [-0.25, -0.2) is 8.42 Å². The van der Waals surface area contributed by atoms with Crippen molar-refractivity contribution in [1.82, 2.24) is 5.32 Å². The standard InChI is InChI=1S/C15H22N2O2S/c1-12(2)13(3)11-17-8-9-20(18,19)15-6-4-14(10-16)5-7-15/h4-7,12-13,17H,8-9,11H2,1-3H3. The molecule has 0 aliphatic rings. The Bertz CT molecular complexity index is 557. The zero-order chi connectivity index (χ0) is 15.2. The Morgan fingerprint density at radius 1 is 1.20 bits per heavy atom. The van der Waals surface area contributed by atoms with Crippen LogP contribution in [-0.4, -0.2) is 27.3 Å². The molecule has 5 heteroatoms. The van der Waals surface area contributed by atoms with Crippen molar-refractivity contribution in [2.24, 2.45) is 11.8 Å². The Labute approximate surface area is 121 Å². The number of nitrogens with zero attached hydrogens (tertiary/aromatic N) is 1. The first kappa shape index (κ1) is 16.7. The van der Waals surface area contributed by atoms with Crippen LogP contribution in [0.4, 0.5) is 0 Å². The summed E-state index contributed by atoms with van der Waals surface area (Å²) < 4.78 is 24.2. The molecule has 4 nitrogen and oxygen atoms in total. The zero-order valence-electron chi connectivity index (χ0n) is 12.3. The van der Waals surface area contributed by atoms with Gasteiger partial charge in [0.05, 0.1) is 22.3 Å². The van der Waals surface area contributed by atoms with Crippen molar-refractivity contribution in [3.63, 3.8) is 0 Å². The maximum atomic E-state index is 12.1. The Morgan fingerprint density at radius 2 is 1.80 bits per heavy atom. The highest BCUT2D eigenvalue weighted by molar-refractivity contribution is 7.91. The molecule has 0 saturated carbocycles. The summed E-state index contributed by atoms with van der Waals surface area (Å²) in [6.07, 6.45) is 0. The Hall–Kier alpha value is -1.38. The number of sulfone groups is 1. The number of nitrogens with one attached hydrogen (secondary N) is 1.